The van der Waals surface area contributed by atoms with Crippen LogP contribution >= 0.6 is 31.9 Å². The van der Waals surface area contributed by atoms with Gasteiger partial charge in [-0.15, -0.1) is 0 Å². The minimum atomic E-state index is 0.0718. The van der Waals surface area contributed by atoms with Gasteiger partial charge in [0.25, 0.3) is 0 Å². The van der Waals surface area contributed by atoms with Crippen LogP contribution in [0.5, 0.6) is 0 Å². The number of hydrogen-bond donors (Lipinski definition) is 0. The number of rotatable bonds is 1. The lowest BCUT2D eigenvalue weighted by Gasteiger charge is -2.04. The average Bonchev–Trinajstić information content (AvgIpc) is 2.00. The quantitative estimate of drug-likeness (QED) is 0.721. The van der Waals surface area contributed by atoms with Gasteiger partial charge < -0.3 is 0 Å². The van der Waals surface area contributed by atoms with Gasteiger partial charge in [0.15, 0.2) is 5.78 Å². The van der Waals surface area contributed by atoms with E-state index in [1.54, 1.807) is 6.92 Å². The van der Waals surface area contributed by atoms with Crippen molar-refractivity contribution in [2.75, 3.05) is 0 Å². The molecule has 0 fully saturated rings. The number of benzene rings is 1. The fraction of sp³-hybridized carbons (Fsp3) is 0.222. The van der Waals surface area contributed by atoms with Gasteiger partial charge in [-0.3, -0.25) is 4.79 Å². The lowest BCUT2D eigenvalue weighted by atomic mass is 10.1. The van der Waals surface area contributed by atoms with Crippen LogP contribution in [0.2, 0.25) is 0 Å². The molecule has 1 aromatic carbocycles. The summed E-state index contributed by atoms with van der Waals surface area (Å²) in [6.45, 7) is 3.54. The van der Waals surface area contributed by atoms with Crippen molar-refractivity contribution in [3.8, 4) is 0 Å². The van der Waals surface area contributed by atoms with Crippen LogP contribution in [0.25, 0.3) is 0 Å². The zero-order chi connectivity index (χ0) is 9.30. The van der Waals surface area contributed by atoms with E-state index >= 15 is 0 Å². The minimum absolute atomic E-state index is 0.0718. The van der Waals surface area contributed by atoms with Crippen molar-refractivity contribution in [3.63, 3.8) is 0 Å². The smallest absolute Gasteiger partial charge is 0.160 e. The Bertz CT molecular complexity index is 332. The van der Waals surface area contributed by atoms with Crippen LogP contribution in [0, 0.1) is 6.92 Å². The van der Waals surface area contributed by atoms with Gasteiger partial charge in [0, 0.05) is 14.5 Å². The Morgan fingerprint density at radius 3 is 2.33 bits per heavy atom. The highest BCUT2D eigenvalue weighted by molar-refractivity contribution is 9.13. The molecule has 0 heterocycles. The van der Waals surface area contributed by atoms with Crippen molar-refractivity contribution in [1.82, 2.24) is 0 Å². The van der Waals surface area contributed by atoms with Crippen LogP contribution < -0.4 is 0 Å². The summed E-state index contributed by atoms with van der Waals surface area (Å²) in [4.78, 5) is 11.1. The first-order valence-electron chi connectivity index (χ1n) is 3.49. The van der Waals surface area contributed by atoms with Crippen LogP contribution in [-0.4, -0.2) is 5.78 Å². The Morgan fingerprint density at radius 2 is 1.83 bits per heavy atom. The Balaban J connectivity index is 3.36. The number of Topliss-reactive ketones (excluding diaryl/α,β-unsaturated/α-hetero) is 1. The van der Waals surface area contributed by atoms with E-state index in [4.69, 9.17) is 0 Å². The predicted molar refractivity (Wildman–Crippen MR) is 56.6 cm³/mol. The van der Waals surface area contributed by atoms with Crippen molar-refractivity contribution in [2.24, 2.45) is 0 Å². The summed E-state index contributed by atoms with van der Waals surface area (Å²) >= 11 is 6.76. The molecule has 1 nitrogen and oxygen atoms in total. The summed E-state index contributed by atoms with van der Waals surface area (Å²) in [5.74, 6) is 0.0718. The fourth-order valence-corrected chi connectivity index (χ4v) is 1.99. The lowest BCUT2D eigenvalue weighted by Crippen LogP contribution is -1.94. The predicted octanol–water partition coefficient (Wildman–Crippen LogP) is 3.72. The second-order valence-electron chi connectivity index (χ2n) is 2.61. The van der Waals surface area contributed by atoms with Crippen LogP contribution in [0.1, 0.15) is 22.8 Å². The van der Waals surface area contributed by atoms with Gasteiger partial charge >= 0.3 is 0 Å². The van der Waals surface area contributed by atoms with E-state index in [9.17, 15) is 4.79 Å². The number of hydrogen-bond acceptors (Lipinski definition) is 1. The maximum Gasteiger partial charge on any atom is 0.160 e. The zero-order valence-corrected chi connectivity index (χ0v) is 9.99. The molecule has 0 atom stereocenters. The van der Waals surface area contributed by atoms with Gasteiger partial charge in [-0.1, -0.05) is 6.07 Å². The van der Waals surface area contributed by atoms with E-state index in [1.807, 2.05) is 19.1 Å². The molecule has 0 saturated carbocycles. The normalized spacial score (nSPS) is 10.0. The number of carbonyl (C=O) groups is 1. The molecule has 0 aliphatic rings. The lowest BCUT2D eigenvalue weighted by molar-refractivity contribution is 0.101. The number of ketones is 1. The Hall–Kier alpha value is -0.150. The second-order valence-corrected chi connectivity index (χ2v) is 4.20. The molecule has 0 aliphatic carbocycles. The molecule has 0 N–H and O–H groups in total. The highest BCUT2D eigenvalue weighted by Gasteiger charge is 2.09. The number of aryl methyl sites for hydroxylation is 1. The molecule has 64 valence electrons. The molecular weight excluding hydrogens is 284 g/mol. The van der Waals surface area contributed by atoms with E-state index in [2.05, 4.69) is 31.9 Å². The average molecular weight is 292 g/mol. The molecule has 1 aromatic rings. The molecule has 0 radical (unpaired) electrons. The van der Waals surface area contributed by atoms with E-state index in [0.29, 0.717) is 5.56 Å². The fourth-order valence-electron chi connectivity index (χ4n) is 0.918. The third kappa shape index (κ3) is 1.77. The van der Waals surface area contributed by atoms with E-state index in [1.165, 1.54) is 0 Å². The van der Waals surface area contributed by atoms with Crippen LogP contribution in [0.3, 0.4) is 0 Å². The maximum atomic E-state index is 11.1. The molecule has 0 unspecified atom stereocenters. The van der Waals surface area contributed by atoms with Crippen molar-refractivity contribution in [2.45, 2.75) is 13.8 Å². The van der Waals surface area contributed by atoms with Crippen molar-refractivity contribution in [3.05, 3.63) is 32.2 Å². The summed E-state index contributed by atoms with van der Waals surface area (Å²) in [6, 6.07) is 3.75. The summed E-state index contributed by atoms with van der Waals surface area (Å²) in [5.41, 5.74) is 1.83. The third-order valence-corrected chi connectivity index (χ3v) is 4.03. The summed E-state index contributed by atoms with van der Waals surface area (Å²) in [6.07, 6.45) is 0. The zero-order valence-electron chi connectivity index (χ0n) is 6.82. The molecule has 0 aliphatic heterocycles. The van der Waals surface area contributed by atoms with Gasteiger partial charge in [-0.05, 0) is 57.3 Å². The second kappa shape index (κ2) is 3.71. The van der Waals surface area contributed by atoms with Crippen LogP contribution in [0.4, 0.5) is 0 Å². The highest BCUT2D eigenvalue weighted by atomic mass is 79.9. The van der Waals surface area contributed by atoms with Gasteiger partial charge in [0.05, 0.1) is 0 Å². The van der Waals surface area contributed by atoms with Crippen LogP contribution in [-0.2, 0) is 0 Å². The molecule has 12 heavy (non-hydrogen) atoms. The van der Waals surface area contributed by atoms with E-state index < -0.39 is 0 Å². The first-order chi connectivity index (χ1) is 5.54. The standard InChI is InChI=1S/C9H8Br2O/c1-5-3-4-7(6(2)12)9(11)8(5)10/h3-4H,1-2H3. The van der Waals surface area contributed by atoms with Crippen molar-refractivity contribution < 1.29 is 4.79 Å². The molecule has 0 saturated heterocycles. The number of carbonyl (C=O) groups excluding carboxylic acids is 1. The molecular formula is C9H8Br2O. The van der Waals surface area contributed by atoms with Crippen LogP contribution in [0.15, 0.2) is 21.1 Å². The number of halogens is 2. The van der Waals surface area contributed by atoms with Gasteiger partial charge in [0.2, 0.25) is 0 Å². The molecule has 3 heteroatoms. The molecule has 0 bridgehead atoms. The van der Waals surface area contributed by atoms with Crippen molar-refractivity contribution >= 4 is 37.6 Å². The third-order valence-electron chi connectivity index (χ3n) is 1.65. The van der Waals surface area contributed by atoms with Crippen molar-refractivity contribution in [1.29, 1.82) is 0 Å². The van der Waals surface area contributed by atoms with Gasteiger partial charge in [-0.25, -0.2) is 0 Å². The van der Waals surface area contributed by atoms with E-state index in [-0.39, 0.29) is 5.78 Å². The molecule has 1 rings (SSSR count). The highest BCUT2D eigenvalue weighted by Crippen LogP contribution is 2.29. The maximum absolute atomic E-state index is 11.1. The Kier molecular flexibility index (Phi) is 3.07. The molecule has 0 aromatic heterocycles. The van der Waals surface area contributed by atoms with Gasteiger partial charge in [0.1, 0.15) is 0 Å². The molecule has 0 amide bonds. The first-order valence-corrected chi connectivity index (χ1v) is 5.08. The summed E-state index contributed by atoms with van der Waals surface area (Å²) < 4.78 is 1.80. The monoisotopic (exact) mass is 290 g/mol. The Morgan fingerprint density at radius 1 is 1.25 bits per heavy atom. The summed E-state index contributed by atoms with van der Waals surface area (Å²) in [5, 5.41) is 0. The van der Waals surface area contributed by atoms with E-state index in [0.717, 1.165) is 14.5 Å². The Labute approximate surface area is 88.4 Å². The summed E-state index contributed by atoms with van der Waals surface area (Å²) in [7, 11) is 0. The molecule has 0 spiro atoms. The largest absolute Gasteiger partial charge is 0.294 e. The van der Waals surface area contributed by atoms with Gasteiger partial charge in [-0.2, -0.15) is 0 Å². The first kappa shape index (κ1) is 9.93. The SMILES string of the molecule is CC(=O)c1ccc(C)c(Br)c1Br. The minimum Gasteiger partial charge on any atom is -0.294 e. The topological polar surface area (TPSA) is 17.1 Å².